The predicted molar refractivity (Wildman–Crippen MR) is 89.5 cm³/mol. The topological polar surface area (TPSA) is 40.3 Å². The van der Waals surface area contributed by atoms with E-state index < -0.39 is 0 Å². The zero-order valence-electron chi connectivity index (χ0n) is 11.5. The fourth-order valence-electron chi connectivity index (χ4n) is 1.15. The summed E-state index contributed by atoms with van der Waals surface area (Å²) in [6.07, 6.45) is 3.64. The van der Waals surface area contributed by atoms with Crippen LogP contribution in [0.5, 0.6) is 0 Å². The molecular weight excluding hydrogens is 324 g/mol. The van der Waals surface area contributed by atoms with Crippen molar-refractivity contribution >= 4 is 44.9 Å². The Labute approximate surface area is 126 Å². The van der Waals surface area contributed by atoms with Crippen molar-refractivity contribution in [2.45, 2.75) is 6.92 Å². The molecule has 0 radical (unpaired) electrons. The lowest BCUT2D eigenvalue weighted by atomic mass is 10.1. The van der Waals surface area contributed by atoms with Crippen LogP contribution in [0.4, 0.5) is 0 Å². The van der Waals surface area contributed by atoms with Crippen LogP contribution in [0.15, 0.2) is 43.9 Å². The minimum Gasteiger partial charge on any atom is -0.369 e. The lowest BCUT2D eigenvalue weighted by Gasteiger charge is -2.02. The van der Waals surface area contributed by atoms with Gasteiger partial charge in [0.15, 0.2) is 0 Å². The number of hydrogen-bond donors (Lipinski definition) is 0. The summed E-state index contributed by atoms with van der Waals surface area (Å²) in [4.78, 5) is 6.08. The monoisotopic (exact) mass is 340 g/mol. The first-order valence-corrected chi connectivity index (χ1v) is 7.67. The molecule has 0 heterocycles. The lowest BCUT2D eigenvalue weighted by molar-refractivity contribution is 0.644. The van der Waals surface area contributed by atoms with Crippen LogP contribution >= 0.6 is 27.7 Å². The molecule has 0 aliphatic rings. The van der Waals surface area contributed by atoms with E-state index >= 15 is 0 Å². The minimum absolute atomic E-state index is 0.630. The highest BCUT2D eigenvalue weighted by Gasteiger charge is 1.97. The number of benzene rings is 1. The number of aliphatic imine (C=N–C) groups is 1. The average molecular weight is 341 g/mol. The van der Waals surface area contributed by atoms with E-state index in [0.29, 0.717) is 5.17 Å². The van der Waals surface area contributed by atoms with Crippen molar-refractivity contribution < 1.29 is 0 Å². The van der Waals surface area contributed by atoms with Crippen LogP contribution < -0.4 is 0 Å². The fraction of sp³-hybridized carbons (Fsp3) is 0.308. The SMILES string of the molecule is CS/C(N=CN(C)C)=N/N=C(\C)c1ccc(Br)cc1. The third-order valence-electron chi connectivity index (χ3n) is 2.13. The Kier molecular flexibility index (Phi) is 6.80. The molecular formula is C13H17BrN4S. The summed E-state index contributed by atoms with van der Waals surface area (Å²) in [5.74, 6) is 0. The summed E-state index contributed by atoms with van der Waals surface area (Å²) < 4.78 is 1.05. The van der Waals surface area contributed by atoms with Gasteiger partial charge in [0.25, 0.3) is 0 Å². The van der Waals surface area contributed by atoms with Crippen molar-refractivity contribution in [2.75, 3.05) is 20.4 Å². The van der Waals surface area contributed by atoms with E-state index in [0.717, 1.165) is 15.7 Å². The molecule has 102 valence electrons. The van der Waals surface area contributed by atoms with Crippen molar-refractivity contribution in [3.63, 3.8) is 0 Å². The molecule has 0 saturated heterocycles. The number of rotatable bonds is 3. The van der Waals surface area contributed by atoms with Crippen LogP contribution in [0.3, 0.4) is 0 Å². The van der Waals surface area contributed by atoms with E-state index in [9.17, 15) is 0 Å². The van der Waals surface area contributed by atoms with Crippen molar-refractivity contribution in [1.29, 1.82) is 0 Å². The van der Waals surface area contributed by atoms with Gasteiger partial charge in [-0.3, -0.25) is 0 Å². The van der Waals surface area contributed by atoms with Gasteiger partial charge >= 0.3 is 0 Å². The molecule has 0 atom stereocenters. The Balaban J connectivity index is 2.85. The van der Waals surface area contributed by atoms with Crippen LogP contribution in [0, 0.1) is 0 Å². The Morgan fingerprint density at radius 3 is 2.37 bits per heavy atom. The standard InChI is InChI=1S/C13H17BrN4S/c1-10(11-5-7-12(14)8-6-11)16-17-13(19-4)15-9-18(2)3/h5-9H,1-4H3/b15-9?,16-10+,17-13+. The Hall–Kier alpha value is -1.14. The van der Waals surface area contributed by atoms with Crippen molar-refractivity contribution in [2.24, 2.45) is 15.2 Å². The summed E-state index contributed by atoms with van der Waals surface area (Å²) >= 11 is 4.87. The number of halogens is 1. The Morgan fingerprint density at radius 1 is 1.21 bits per heavy atom. The van der Waals surface area contributed by atoms with Gasteiger partial charge in [-0.2, -0.15) is 5.10 Å². The molecule has 0 aliphatic carbocycles. The average Bonchev–Trinajstić information content (AvgIpc) is 2.39. The van der Waals surface area contributed by atoms with Crippen molar-refractivity contribution in [3.05, 3.63) is 34.3 Å². The molecule has 0 N–H and O–H groups in total. The molecule has 0 aromatic heterocycles. The van der Waals surface area contributed by atoms with Crippen molar-refractivity contribution in [3.8, 4) is 0 Å². The van der Waals surface area contributed by atoms with E-state index in [2.05, 4.69) is 31.1 Å². The van der Waals surface area contributed by atoms with Gasteiger partial charge < -0.3 is 4.90 Å². The van der Waals surface area contributed by atoms with E-state index in [1.54, 1.807) is 6.34 Å². The molecule has 1 aromatic carbocycles. The third kappa shape index (κ3) is 6.02. The van der Waals surface area contributed by atoms with Gasteiger partial charge in [-0.1, -0.05) is 39.8 Å². The molecule has 0 aliphatic heterocycles. The quantitative estimate of drug-likeness (QED) is 0.480. The maximum atomic E-state index is 4.22. The molecule has 4 nitrogen and oxygen atoms in total. The summed E-state index contributed by atoms with van der Waals surface area (Å²) in [7, 11) is 3.83. The first-order valence-electron chi connectivity index (χ1n) is 5.65. The van der Waals surface area contributed by atoms with E-state index in [1.807, 2.05) is 56.4 Å². The molecule has 1 aromatic rings. The zero-order chi connectivity index (χ0) is 14.3. The van der Waals surface area contributed by atoms with E-state index in [-0.39, 0.29) is 0 Å². The fourth-order valence-corrected chi connectivity index (χ4v) is 1.69. The first-order chi connectivity index (χ1) is 9.02. The zero-order valence-corrected chi connectivity index (χ0v) is 13.9. The molecule has 0 fully saturated rings. The van der Waals surface area contributed by atoms with E-state index in [1.165, 1.54) is 11.8 Å². The van der Waals surface area contributed by atoms with Gasteiger partial charge in [-0.05, 0) is 30.9 Å². The molecule has 0 unspecified atom stereocenters. The van der Waals surface area contributed by atoms with Crippen LogP contribution in [-0.4, -0.2) is 42.5 Å². The highest BCUT2D eigenvalue weighted by molar-refractivity contribution is 9.10. The van der Waals surface area contributed by atoms with Crippen LogP contribution in [0.2, 0.25) is 0 Å². The predicted octanol–water partition coefficient (Wildman–Crippen LogP) is 3.48. The summed E-state index contributed by atoms with van der Waals surface area (Å²) in [6, 6.07) is 7.97. The number of thioether (sulfide) groups is 1. The summed E-state index contributed by atoms with van der Waals surface area (Å²) in [6.45, 7) is 1.93. The number of hydrogen-bond acceptors (Lipinski definition) is 3. The number of nitrogens with zero attached hydrogens (tertiary/aromatic N) is 4. The summed E-state index contributed by atoms with van der Waals surface area (Å²) in [5.41, 5.74) is 1.91. The smallest absolute Gasteiger partial charge is 0.210 e. The molecule has 0 spiro atoms. The van der Waals surface area contributed by atoms with Gasteiger partial charge in [0.1, 0.15) is 0 Å². The second-order valence-corrected chi connectivity index (χ2v) is 5.68. The first kappa shape index (κ1) is 15.9. The van der Waals surface area contributed by atoms with E-state index in [4.69, 9.17) is 0 Å². The van der Waals surface area contributed by atoms with Gasteiger partial charge in [0.05, 0.1) is 12.1 Å². The highest BCUT2D eigenvalue weighted by atomic mass is 79.9. The highest BCUT2D eigenvalue weighted by Crippen LogP contribution is 2.11. The van der Waals surface area contributed by atoms with Gasteiger partial charge in [0.2, 0.25) is 5.17 Å². The minimum atomic E-state index is 0.630. The Bertz CT molecular complexity index is 492. The molecule has 0 bridgehead atoms. The normalized spacial score (nSPS) is 13.1. The molecule has 0 amide bonds. The molecule has 1 rings (SSSR count). The Morgan fingerprint density at radius 2 is 1.84 bits per heavy atom. The summed E-state index contributed by atoms with van der Waals surface area (Å²) in [5, 5.41) is 8.98. The van der Waals surface area contributed by atoms with Crippen LogP contribution in [-0.2, 0) is 0 Å². The van der Waals surface area contributed by atoms with Gasteiger partial charge in [-0.15, -0.1) is 5.10 Å². The second kappa shape index (κ2) is 8.12. The molecule has 19 heavy (non-hydrogen) atoms. The number of amidine groups is 1. The third-order valence-corrected chi connectivity index (χ3v) is 3.21. The lowest BCUT2D eigenvalue weighted by Crippen LogP contribution is -2.08. The van der Waals surface area contributed by atoms with Crippen LogP contribution in [0.25, 0.3) is 0 Å². The molecule has 0 saturated carbocycles. The van der Waals surface area contributed by atoms with Gasteiger partial charge in [-0.25, -0.2) is 4.99 Å². The second-order valence-electron chi connectivity index (χ2n) is 3.99. The van der Waals surface area contributed by atoms with Crippen LogP contribution in [0.1, 0.15) is 12.5 Å². The van der Waals surface area contributed by atoms with Crippen molar-refractivity contribution in [1.82, 2.24) is 4.90 Å². The molecule has 6 heteroatoms. The maximum absolute atomic E-state index is 4.22. The largest absolute Gasteiger partial charge is 0.369 e. The van der Waals surface area contributed by atoms with Gasteiger partial charge in [0, 0.05) is 18.6 Å². The maximum Gasteiger partial charge on any atom is 0.210 e.